The largest absolute Gasteiger partial charge is 0.443 e. The number of nitro groups is 1. The molecule has 3 aromatic rings. The minimum absolute atomic E-state index is 0.0758. The van der Waals surface area contributed by atoms with Gasteiger partial charge in [-0.1, -0.05) is 6.07 Å². The monoisotopic (exact) mass is 539 g/mol. The molecule has 0 saturated heterocycles. The third kappa shape index (κ3) is 7.27. The highest BCUT2D eigenvalue weighted by atomic mass is 16.6. The molecular formula is C26H33N7O6. The molecular weight excluding hydrogens is 506 g/mol. The average molecular weight is 540 g/mol. The van der Waals surface area contributed by atoms with Crippen molar-refractivity contribution in [1.82, 2.24) is 19.7 Å². The standard InChI is InChI=1S/C26H33N7O6/c1-15-10-11-18(33(36)37)13-19(15)28-22-27-14-16(2)21(29-22)31(23(34)38-25(4,5)6)20-12-17(3)32(30-20)24(35)39-26(7,8)9/h10-14H,1-9H3,(H,27,28,29). The van der Waals surface area contributed by atoms with Crippen LogP contribution in [0.1, 0.15) is 58.4 Å². The van der Waals surface area contributed by atoms with Crippen LogP contribution in [-0.2, 0) is 9.47 Å². The Kier molecular flexibility index (Phi) is 7.94. The van der Waals surface area contributed by atoms with Crippen molar-refractivity contribution in [2.24, 2.45) is 0 Å². The summed E-state index contributed by atoms with van der Waals surface area (Å²) in [5.41, 5.74) is 0.371. The van der Waals surface area contributed by atoms with Crippen molar-refractivity contribution in [3.63, 3.8) is 0 Å². The lowest BCUT2D eigenvalue weighted by molar-refractivity contribution is -0.384. The summed E-state index contributed by atoms with van der Waals surface area (Å²) in [5, 5.41) is 18.6. The van der Waals surface area contributed by atoms with Crippen LogP contribution in [0.15, 0.2) is 30.5 Å². The van der Waals surface area contributed by atoms with Crippen LogP contribution in [0.5, 0.6) is 0 Å². The molecule has 0 atom stereocenters. The summed E-state index contributed by atoms with van der Waals surface area (Å²) in [6.45, 7) is 15.5. The fraction of sp³-hybridized carbons (Fsp3) is 0.423. The minimum Gasteiger partial charge on any atom is -0.443 e. The zero-order chi connectivity index (χ0) is 29.3. The number of aryl methyl sites for hydroxylation is 3. The molecule has 0 radical (unpaired) electrons. The second-order valence-corrected chi connectivity index (χ2v) is 10.9. The van der Waals surface area contributed by atoms with Gasteiger partial charge in [-0.05, 0) is 67.9 Å². The van der Waals surface area contributed by atoms with Gasteiger partial charge in [0, 0.05) is 30.0 Å². The summed E-state index contributed by atoms with van der Waals surface area (Å²) in [6.07, 6.45) is 0.000758. The average Bonchev–Trinajstić information content (AvgIpc) is 3.16. The van der Waals surface area contributed by atoms with Gasteiger partial charge in [-0.25, -0.2) is 19.5 Å². The Hall–Kier alpha value is -4.55. The number of aromatic nitrogens is 4. The molecule has 13 nitrogen and oxygen atoms in total. The van der Waals surface area contributed by atoms with Crippen molar-refractivity contribution >= 4 is 41.1 Å². The van der Waals surface area contributed by atoms with Crippen LogP contribution in [0.25, 0.3) is 0 Å². The van der Waals surface area contributed by atoms with Crippen molar-refractivity contribution < 1.29 is 24.0 Å². The topological polar surface area (TPSA) is 155 Å². The number of ether oxygens (including phenoxy) is 2. The highest BCUT2D eigenvalue weighted by Gasteiger charge is 2.31. The molecule has 39 heavy (non-hydrogen) atoms. The van der Waals surface area contributed by atoms with Crippen molar-refractivity contribution in [1.29, 1.82) is 0 Å². The second kappa shape index (κ2) is 10.7. The molecule has 2 heterocycles. The Morgan fingerprint density at radius 3 is 2.23 bits per heavy atom. The van der Waals surface area contributed by atoms with Crippen LogP contribution >= 0.6 is 0 Å². The number of anilines is 4. The fourth-order valence-corrected chi connectivity index (χ4v) is 3.35. The summed E-state index contributed by atoms with van der Waals surface area (Å²) in [4.78, 5) is 46.9. The van der Waals surface area contributed by atoms with E-state index in [0.29, 0.717) is 16.9 Å². The number of hydrogen-bond donors (Lipinski definition) is 1. The Balaban J connectivity index is 2.10. The van der Waals surface area contributed by atoms with E-state index in [1.165, 1.54) is 24.4 Å². The number of hydrogen-bond acceptors (Lipinski definition) is 10. The third-order valence-corrected chi connectivity index (χ3v) is 5.08. The molecule has 2 aromatic heterocycles. The van der Waals surface area contributed by atoms with Gasteiger partial charge in [0.15, 0.2) is 11.6 Å². The molecule has 1 N–H and O–H groups in total. The molecule has 0 spiro atoms. The molecule has 0 aliphatic carbocycles. The maximum atomic E-state index is 13.5. The predicted molar refractivity (Wildman–Crippen MR) is 145 cm³/mol. The van der Waals surface area contributed by atoms with E-state index in [-0.39, 0.29) is 23.3 Å². The normalized spacial score (nSPS) is 11.6. The first-order chi connectivity index (χ1) is 17.9. The summed E-state index contributed by atoms with van der Waals surface area (Å²) >= 11 is 0. The molecule has 0 unspecified atom stereocenters. The number of rotatable bonds is 5. The maximum Gasteiger partial charge on any atom is 0.435 e. The van der Waals surface area contributed by atoms with E-state index < -0.39 is 28.3 Å². The van der Waals surface area contributed by atoms with Crippen LogP contribution in [0.3, 0.4) is 0 Å². The van der Waals surface area contributed by atoms with Crippen molar-refractivity contribution in [2.45, 2.75) is 73.5 Å². The molecule has 1 aromatic carbocycles. The van der Waals surface area contributed by atoms with Gasteiger partial charge in [-0.2, -0.15) is 9.67 Å². The molecule has 3 rings (SSSR count). The molecule has 0 aliphatic heterocycles. The summed E-state index contributed by atoms with van der Waals surface area (Å²) in [7, 11) is 0. The molecule has 0 saturated carbocycles. The van der Waals surface area contributed by atoms with Crippen LogP contribution in [-0.4, -0.2) is 48.1 Å². The first-order valence-corrected chi connectivity index (χ1v) is 12.1. The maximum absolute atomic E-state index is 13.5. The van der Waals surface area contributed by atoms with E-state index >= 15 is 0 Å². The Morgan fingerprint density at radius 2 is 1.64 bits per heavy atom. The lowest BCUT2D eigenvalue weighted by Crippen LogP contribution is -2.35. The number of non-ortho nitro benzene ring substituents is 1. The van der Waals surface area contributed by atoms with E-state index in [0.717, 1.165) is 15.1 Å². The SMILES string of the molecule is Cc1ccc([N+](=O)[O-])cc1Nc1ncc(C)c(N(C(=O)OC(C)(C)C)c2cc(C)n(C(=O)OC(C)(C)C)n2)n1. The predicted octanol–water partition coefficient (Wildman–Crippen LogP) is 6.11. The smallest absolute Gasteiger partial charge is 0.435 e. The van der Waals surface area contributed by atoms with Crippen molar-refractivity contribution in [3.05, 3.63) is 57.4 Å². The van der Waals surface area contributed by atoms with Gasteiger partial charge in [-0.15, -0.1) is 5.10 Å². The Morgan fingerprint density at radius 1 is 1.00 bits per heavy atom. The van der Waals surface area contributed by atoms with Crippen LogP contribution < -0.4 is 10.2 Å². The number of carbonyl (C=O) groups excluding carboxylic acids is 2. The third-order valence-electron chi connectivity index (χ3n) is 5.08. The van der Waals surface area contributed by atoms with Crippen LogP contribution in [0.4, 0.5) is 38.5 Å². The fourth-order valence-electron chi connectivity index (χ4n) is 3.35. The van der Waals surface area contributed by atoms with E-state index in [2.05, 4.69) is 20.4 Å². The van der Waals surface area contributed by atoms with Gasteiger partial charge in [0.1, 0.15) is 11.2 Å². The van der Waals surface area contributed by atoms with Gasteiger partial charge >= 0.3 is 12.2 Å². The van der Waals surface area contributed by atoms with Gasteiger partial charge in [0.05, 0.1) is 16.3 Å². The summed E-state index contributed by atoms with van der Waals surface area (Å²) in [5.74, 6) is 0.293. The Bertz CT molecular complexity index is 1420. The zero-order valence-corrected chi connectivity index (χ0v) is 23.5. The van der Waals surface area contributed by atoms with Gasteiger partial charge in [0.2, 0.25) is 5.95 Å². The number of carbonyl (C=O) groups is 2. The quantitative estimate of drug-likeness (QED) is 0.297. The molecule has 0 aliphatic rings. The minimum atomic E-state index is -0.847. The molecule has 0 fully saturated rings. The number of nitro benzene ring substituents is 1. The second-order valence-electron chi connectivity index (χ2n) is 10.9. The number of benzene rings is 1. The zero-order valence-electron chi connectivity index (χ0n) is 23.5. The van der Waals surface area contributed by atoms with Gasteiger partial charge in [-0.3, -0.25) is 10.1 Å². The lowest BCUT2D eigenvalue weighted by atomic mass is 10.2. The number of nitrogens with zero attached hydrogens (tertiary/aromatic N) is 6. The van der Waals surface area contributed by atoms with E-state index in [9.17, 15) is 19.7 Å². The van der Waals surface area contributed by atoms with E-state index in [4.69, 9.17) is 9.47 Å². The summed E-state index contributed by atoms with van der Waals surface area (Å²) in [6, 6.07) is 5.91. The lowest BCUT2D eigenvalue weighted by Gasteiger charge is -2.26. The molecule has 1 amide bonds. The number of nitrogens with one attached hydrogen (secondary N) is 1. The first kappa shape index (κ1) is 29.0. The van der Waals surface area contributed by atoms with E-state index in [1.807, 2.05) is 0 Å². The van der Waals surface area contributed by atoms with Gasteiger partial charge in [0.25, 0.3) is 5.69 Å². The van der Waals surface area contributed by atoms with Crippen LogP contribution in [0.2, 0.25) is 0 Å². The van der Waals surface area contributed by atoms with Crippen molar-refractivity contribution in [3.8, 4) is 0 Å². The summed E-state index contributed by atoms with van der Waals surface area (Å²) < 4.78 is 12.1. The highest BCUT2D eigenvalue weighted by molar-refractivity contribution is 5.95. The number of amides is 1. The highest BCUT2D eigenvalue weighted by Crippen LogP contribution is 2.31. The van der Waals surface area contributed by atoms with E-state index in [1.54, 1.807) is 68.4 Å². The van der Waals surface area contributed by atoms with Crippen molar-refractivity contribution in [2.75, 3.05) is 10.2 Å². The Labute approximate surface area is 226 Å². The molecule has 208 valence electrons. The molecule has 13 heteroatoms. The van der Waals surface area contributed by atoms with Gasteiger partial charge < -0.3 is 14.8 Å². The molecule has 0 bridgehead atoms. The first-order valence-electron chi connectivity index (χ1n) is 12.1. The van der Waals surface area contributed by atoms with Crippen LogP contribution in [0, 0.1) is 30.9 Å².